The van der Waals surface area contributed by atoms with E-state index in [1.165, 1.54) is 5.56 Å². The Kier molecular flexibility index (Phi) is 4.56. The lowest BCUT2D eigenvalue weighted by Gasteiger charge is -2.16. The first-order valence-corrected chi connectivity index (χ1v) is 6.82. The van der Waals surface area contributed by atoms with E-state index < -0.39 is 0 Å². The fourth-order valence-corrected chi connectivity index (χ4v) is 2.59. The second-order valence-electron chi connectivity index (χ2n) is 4.51. The number of nitrogens with one attached hydrogen (secondary N) is 1. The zero-order valence-corrected chi connectivity index (χ0v) is 12.3. The zero-order chi connectivity index (χ0) is 13.8. The average molecular weight is 279 g/mol. The van der Waals surface area contributed by atoms with Crippen LogP contribution in [0, 0.1) is 0 Å². The first-order chi connectivity index (χ1) is 9.17. The number of aromatic nitrogens is 3. The van der Waals surface area contributed by atoms with Gasteiger partial charge in [0.15, 0.2) is 0 Å². The van der Waals surface area contributed by atoms with E-state index in [1.807, 2.05) is 43.3 Å². The molecule has 2 heterocycles. The Hall–Kier alpha value is -1.39. The minimum atomic E-state index is 0.209. The Morgan fingerprint density at radius 2 is 2.05 bits per heavy atom. The van der Waals surface area contributed by atoms with Crippen molar-refractivity contribution in [1.82, 2.24) is 20.1 Å². The molecule has 2 rings (SSSR count). The van der Waals surface area contributed by atoms with Gasteiger partial charge >= 0.3 is 0 Å². The molecule has 0 radical (unpaired) electrons. The molecular weight excluding hydrogens is 260 g/mol. The Bertz CT molecular complexity index is 536. The summed E-state index contributed by atoms with van der Waals surface area (Å²) >= 11 is 6.39. The minimum absolute atomic E-state index is 0.209. The maximum Gasteiger partial charge on any atom is 0.0850 e. The number of aryl methyl sites for hydroxylation is 2. The van der Waals surface area contributed by atoms with Gasteiger partial charge in [0, 0.05) is 31.9 Å². The average Bonchev–Trinajstić information content (AvgIpc) is 2.72. The molecule has 5 heteroatoms. The van der Waals surface area contributed by atoms with E-state index in [0.29, 0.717) is 0 Å². The Morgan fingerprint density at radius 3 is 2.58 bits per heavy atom. The van der Waals surface area contributed by atoms with Gasteiger partial charge < -0.3 is 5.32 Å². The molecule has 0 fully saturated rings. The molecule has 0 saturated heterocycles. The molecule has 0 saturated carbocycles. The molecule has 102 valence electrons. The summed E-state index contributed by atoms with van der Waals surface area (Å²) in [5, 5.41) is 8.57. The Balaban J connectivity index is 2.26. The first-order valence-electron chi connectivity index (χ1n) is 6.44. The van der Waals surface area contributed by atoms with E-state index in [2.05, 4.69) is 22.3 Å². The number of hydrogen-bond donors (Lipinski definition) is 1. The van der Waals surface area contributed by atoms with E-state index in [4.69, 9.17) is 11.6 Å². The molecule has 0 aliphatic rings. The van der Waals surface area contributed by atoms with Crippen LogP contribution in [0.3, 0.4) is 0 Å². The monoisotopic (exact) mass is 278 g/mol. The highest BCUT2D eigenvalue weighted by Crippen LogP contribution is 2.25. The first kappa shape index (κ1) is 14.0. The fourth-order valence-electron chi connectivity index (χ4n) is 2.22. The Labute approximate surface area is 118 Å². The highest BCUT2D eigenvalue weighted by molar-refractivity contribution is 6.31. The van der Waals surface area contributed by atoms with Crippen molar-refractivity contribution in [2.24, 2.45) is 7.05 Å². The van der Waals surface area contributed by atoms with Crippen LogP contribution in [0.15, 0.2) is 24.5 Å². The van der Waals surface area contributed by atoms with Crippen LogP contribution in [0.2, 0.25) is 5.02 Å². The second kappa shape index (κ2) is 6.17. The second-order valence-corrected chi connectivity index (χ2v) is 4.89. The van der Waals surface area contributed by atoms with Crippen molar-refractivity contribution in [3.63, 3.8) is 0 Å². The quantitative estimate of drug-likeness (QED) is 0.914. The van der Waals surface area contributed by atoms with Crippen LogP contribution in [-0.2, 0) is 19.9 Å². The zero-order valence-electron chi connectivity index (χ0n) is 11.5. The molecule has 2 aromatic heterocycles. The van der Waals surface area contributed by atoms with Crippen LogP contribution in [0.1, 0.15) is 29.9 Å². The lowest BCUT2D eigenvalue weighted by molar-refractivity contribution is 0.560. The molecule has 0 amide bonds. The fraction of sp³-hybridized carbons (Fsp3) is 0.429. The lowest BCUT2D eigenvalue weighted by atomic mass is 10.0. The summed E-state index contributed by atoms with van der Waals surface area (Å²) in [6, 6.07) is 4.25. The molecule has 1 unspecified atom stereocenters. The molecule has 0 spiro atoms. The number of hydrogen-bond acceptors (Lipinski definition) is 3. The van der Waals surface area contributed by atoms with Crippen molar-refractivity contribution < 1.29 is 0 Å². The third-order valence-corrected chi connectivity index (χ3v) is 3.79. The summed E-state index contributed by atoms with van der Waals surface area (Å²) in [6.07, 6.45) is 5.28. The minimum Gasteiger partial charge on any atom is -0.313 e. The summed E-state index contributed by atoms with van der Waals surface area (Å²) in [4.78, 5) is 4.05. The number of rotatable bonds is 5. The lowest BCUT2D eigenvalue weighted by Crippen LogP contribution is -2.20. The summed E-state index contributed by atoms with van der Waals surface area (Å²) in [6.45, 7) is 2.07. The molecule has 1 N–H and O–H groups in total. The van der Waals surface area contributed by atoms with E-state index >= 15 is 0 Å². The van der Waals surface area contributed by atoms with Crippen LogP contribution in [-0.4, -0.2) is 21.8 Å². The van der Waals surface area contributed by atoms with Crippen LogP contribution >= 0.6 is 11.6 Å². The molecule has 0 aliphatic carbocycles. The maximum absolute atomic E-state index is 6.39. The smallest absolute Gasteiger partial charge is 0.0850 e. The summed E-state index contributed by atoms with van der Waals surface area (Å²) in [5.74, 6) is 0. The van der Waals surface area contributed by atoms with Gasteiger partial charge in [-0.15, -0.1) is 0 Å². The van der Waals surface area contributed by atoms with E-state index in [1.54, 1.807) is 0 Å². The molecule has 19 heavy (non-hydrogen) atoms. The van der Waals surface area contributed by atoms with Gasteiger partial charge in [0.25, 0.3) is 0 Å². The number of halogens is 1. The number of pyridine rings is 1. The van der Waals surface area contributed by atoms with Crippen molar-refractivity contribution in [2.75, 3.05) is 7.05 Å². The van der Waals surface area contributed by atoms with Gasteiger partial charge in [0.05, 0.1) is 16.4 Å². The molecule has 2 aromatic rings. The highest BCUT2D eigenvalue weighted by atomic mass is 35.5. The predicted octanol–water partition coefficient (Wildman–Crippen LogP) is 2.53. The topological polar surface area (TPSA) is 42.7 Å². The van der Waals surface area contributed by atoms with Crippen molar-refractivity contribution in [3.05, 3.63) is 46.5 Å². The maximum atomic E-state index is 6.39. The van der Waals surface area contributed by atoms with E-state index in [9.17, 15) is 0 Å². The van der Waals surface area contributed by atoms with Crippen LogP contribution < -0.4 is 5.32 Å². The van der Waals surface area contributed by atoms with Crippen molar-refractivity contribution >= 4 is 11.6 Å². The molecular formula is C14H19ClN4. The normalized spacial score (nSPS) is 12.6. The van der Waals surface area contributed by atoms with Crippen LogP contribution in [0.4, 0.5) is 0 Å². The summed E-state index contributed by atoms with van der Waals surface area (Å²) < 4.78 is 1.88. The van der Waals surface area contributed by atoms with E-state index in [0.717, 1.165) is 29.3 Å². The van der Waals surface area contributed by atoms with Gasteiger partial charge in [0.1, 0.15) is 0 Å². The molecule has 0 aromatic carbocycles. The van der Waals surface area contributed by atoms with Gasteiger partial charge in [-0.3, -0.25) is 9.67 Å². The summed E-state index contributed by atoms with van der Waals surface area (Å²) in [5.41, 5.74) is 3.23. The third kappa shape index (κ3) is 2.96. The van der Waals surface area contributed by atoms with E-state index in [-0.39, 0.29) is 6.04 Å². The number of nitrogens with zero attached hydrogens (tertiary/aromatic N) is 3. The van der Waals surface area contributed by atoms with Crippen molar-refractivity contribution in [3.8, 4) is 0 Å². The van der Waals surface area contributed by atoms with Crippen LogP contribution in [0.25, 0.3) is 0 Å². The SMILES string of the molecule is CCc1nn(C)c(CC(NC)c2ccncc2)c1Cl. The highest BCUT2D eigenvalue weighted by Gasteiger charge is 2.18. The van der Waals surface area contributed by atoms with Gasteiger partial charge in [0.2, 0.25) is 0 Å². The standard InChI is InChI=1S/C14H19ClN4/c1-4-11-14(15)13(19(3)18-11)9-12(16-2)10-5-7-17-8-6-10/h5-8,12,16H,4,9H2,1-3H3. The largest absolute Gasteiger partial charge is 0.313 e. The van der Waals surface area contributed by atoms with Crippen molar-refractivity contribution in [1.29, 1.82) is 0 Å². The Morgan fingerprint density at radius 1 is 1.37 bits per heavy atom. The number of likely N-dealkylation sites (N-methyl/N-ethyl adjacent to an activating group) is 1. The van der Waals surface area contributed by atoms with Gasteiger partial charge in [-0.05, 0) is 31.2 Å². The van der Waals surface area contributed by atoms with Gasteiger partial charge in [-0.2, -0.15) is 5.10 Å². The van der Waals surface area contributed by atoms with Crippen molar-refractivity contribution in [2.45, 2.75) is 25.8 Å². The van der Waals surface area contributed by atoms with Gasteiger partial charge in [-0.1, -0.05) is 18.5 Å². The third-order valence-electron chi connectivity index (χ3n) is 3.36. The molecule has 1 atom stereocenters. The molecule has 0 bridgehead atoms. The summed E-state index contributed by atoms with van der Waals surface area (Å²) in [7, 11) is 3.90. The van der Waals surface area contributed by atoms with Crippen LogP contribution in [0.5, 0.6) is 0 Å². The predicted molar refractivity (Wildman–Crippen MR) is 77.3 cm³/mol. The molecule has 0 aliphatic heterocycles. The van der Waals surface area contributed by atoms with Gasteiger partial charge in [-0.25, -0.2) is 0 Å². The molecule has 4 nitrogen and oxygen atoms in total.